The van der Waals surface area contributed by atoms with Gasteiger partial charge in [-0.1, -0.05) is 243 Å². The van der Waals surface area contributed by atoms with Gasteiger partial charge in [-0.25, -0.2) is 0 Å². The SMILES string of the molecule is Nc1cc2ccc3cc(C4(O)c5ccccc5-c5ccccc54)cc4ccc(c1-c1c(N)cc5ccc6cc(C7(O)c8ccccc8C(O)(c8cc9ccc%10cc(N)c(-c%11c(N)cc%12ccc%13cc(C%14(O)c%15ccccc%15-c%15ccccc%15%14)cc%14ccc%11c%12c%13%14)c%11ccc(c8)c9c%10%11)c8ccccc87)cc7ccc1c5c67)c2c34. The van der Waals surface area contributed by atoms with E-state index < -0.39 is 22.4 Å². The molecular formula is C104H64N4O4. The molecule has 0 bridgehead atoms. The van der Waals surface area contributed by atoms with E-state index in [9.17, 15) is 20.4 Å². The van der Waals surface area contributed by atoms with Crippen LogP contribution in [-0.2, 0) is 22.4 Å². The van der Waals surface area contributed by atoms with Gasteiger partial charge in [-0.3, -0.25) is 0 Å². The van der Waals surface area contributed by atoms with Gasteiger partial charge in [0, 0.05) is 67.3 Å². The zero-order valence-corrected chi connectivity index (χ0v) is 60.1. The maximum Gasteiger partial charge on any atom is 0.141 e. The predicted molar refractivity (Wildman–Crippen MR) is 461 cm³/mol. The Morgan fingerprint density at radius 1 is 0.170 bits per heavy atom. The van der Waals surface area contributed by atoms with Gasteiger partial charge in [-0.2, -0.15) is 0 Å². The predicted octanol–water partition coefficient (Wildman–Crippen LogP) is 22.4. The Kier molecular flexibility index (Phi) is 11.7. The number of anilines is 4. The second-order valence-electron chi connectivity index (χ2n) is 31.8. The van der Waals surface area contributed by atoms with Gasteiger partial charge in [0.05, 0.1) is 0 Å². The van der Waals surface area contributed by atoms with E-state index in [2.05, 4.69) is 194 Å². The molecule has 0 amide bonds. The van der Waals surface area contributed by atoms with Crippen molar-refractivity contribution < 1.29 is 20.4 Å². The molecule has 3 aliphatic carbocycles. The van der Waals surface area contributed by atoms with Crippen LogP contribution < -0.4 is 22.9 Å². The van der Waals surface area contributed by atoms with E-state index in [0.29, 0.717) is 56.1 Å². The molecule has 0 unspecified atom stereocenters. The largest absolute Gasteiger partial charge is 0.398 e. The Morgan fingerprint density at radius 2 is 0.330 bits per heavy atom. The van der Waals surface area contributed by atoms with Gasteiger partial charge in [0.25, 0.3) is 0 Å². The van der Waals surface area contributed by atoms with Crippen molar-refractivity contribution in [3.8, 4) is 44.5 Å². The Hall–Kier alpha value is -14.0. The van der Waals surface area contributed by atoms with Crippen LogP contribution in [0.1, 0.15) is 66.8 Å². The first-order valence-corrected chi connectivity index (χ1v) is 38.2. The average Bonchev–Trinajstić information content (AvgIpc) is 0.863. The zero-order chi connectivity index (χ0) is 74.5. The maximum absolute atomic E-state index is 14.3. The summed E-state index contributed by atoms with van der Waals surface area (Å²) in [7, 11) is 0. The molecule has 8 nitrogen and oxygen atoms in total. The van der Waals surface area contributed by atoms with Crippen LogP contribution in [-0.4, -0.2) is 20.4 Å². The Balaban J connectivity index is 0.605. The van der Waals surface area contributed by atoms with Crippen molar-refractivity contribution in [2.24, 2.45) is 0 Å². The Bertz CT molecular complexity index is 7350. The highest BCUT2D eigenvalue weighted by Crippen LogP contribution is 2.60. The zero-order valence-electron chi connectivity index (χ0n) is 60.1. The van der Waals surface area contributed by atoms with Crippen molar-refractivity contribution in [3.63, 3.8) is 0 Å². The third kappa shape index (κ3) is 7.50. The van der Waals surface area contributed by atoms with E-state index in [1.54, 1.807) is 0 Å². The minimum atomic E-state index is -1.74. The highest BCUT2D eigenvalue weighted by atomic mass is 16.3. The second kappa shape index (κ2) is 21.1. The van der Waals surface area contributed by atoms with Crippen LogP contribution >= 0.6 is 0 Å². The van der Waals surface area contributed by atoms with Crippen LogP contribution in [0.2, 0.25) is 0 Å². The van der Waals surface area contributed by atoms with Crippen molar-refractivity contribution in [3.05, 3.63) is 382 Å². The first kappa shape index (κ1) is 62.0. The summed E-state index contributed by atoms with van der Waals surface area (Å²) in [6.45, 7) is 0. The van der Waals surface area contributed by atoms with Crippen LogP contribution in [0.25, 0.3) is 174 Å². The summed E-state index contributed by atoms with van der Waals surface area (Å²) in [4.78, 5) is 0. The normalized spacial score (nSPS) is 16.8. The quantitative estimate of drug-likeness (QED) is 0.0597. The lowest BCUT2D eigenvalue weighted by atomic mass is 9.63. The summed E-state index contributed by atoms with van der Waals surface area (Å²) >= 11 is 0. The van der Waals surface area contributed by atoms with Crippen molar-refractivity contribution in [2.45, 2.75) is 22.4 Å². The molecule has 0 atom stereocenters. The molecule has 0 spiro atoms. The van der Waals surface area contributed by atoms with Gasteiger partial charge >= 0.3 is 0 Å². The molecule has 0 saturated carbocycles. The minimum absolute atomic E-state index is 0.573. The van der Waals surface area contributed by atoms with Crippen LogP contribution in [0.5, 0.6) is 0 Å². The molecule has 0 saturated heterocycles. The number of aliphatic hydroxyl groups is 4. The fraction of sp³-hybridized carbons (Fsp3) is 0.0385. The highest BCUT2D eigenvalue weighted by Gasteiger charge is 2.52. The molecule has 0 fully saturated rings. The molecule has 25 rings (SSSR count). The number of nitrogen functional groups attached to an aromatic ring is 4. The first-order valence-electron chi connectivity index (χ1n) is 38.2. The van der Waals surface area contributed by atoms with Crippen LogP contribution in [0, 0.1) is 0 Å². The number of rotatable bonds is 6. The van der Waals surface area contributed by atoms with Gasteiger partial charge < -0.3 is 43.4 Å². The fourth-order valence-corrected chi connectivity index (χ4v) is 21.8. The van der Waals surface area contributed by atoms with E-state index in [-0.39, 0.29) is 0 Å². The van der Waals surface area contributed by atoms with Crippen molar-refractivity contribution >= 4 is 152 Å². The second-order valence-corrected chi connectivity index (χ2v) is 31.8. The number of fused-ring (bicyclic) bond motifs is 8. The third-order valence-corrected chi connectivity index (χ3v) is 26.4. The lowest BCUT2D eigenvalue weighted by Gasteiger charge is -2.45. The molecule has 0 aromatic heterocycles. The van der Waals surface area contributed by atoms with Gasteiger partial charge in [-0.05, 0) is 269 Å². The molecule has 3 aliphatic rings. The molecule has 524 valence electrons. The summed E-state index contributed by atoms with van der Waals surface area (Å²) < 4.78 is 0. The minimum Gasteiger partial charge on any atom is -0.398 e. The monoisotopic (exact) mass is 1430 g/mol. The molecule has 112 heavy (non-hydrogen) atoms. The van der Waals surface area contributed by atoms with Crippen LogP contribution in [0.4, 0.5) is 22.7 Å². The van der Waals surface area contributed by atoms with E-state index >= 15 is 0 Å². The number of hydrogen-bond acceptors (Lipinski definition) is 8. The van der Waals surface area contributed by atoms with Crippen molar-refractivity contribution in [1.82, 2.24) is 0 Å². The summed E-state index contributed by atoms with van der Waals surface area (Å²) in [5.41, 5.74) is 42.0. The van der Waals surface area contributed by atoms with Crippen molar-refractivity contribution in [2.75, 3.05) is 22.9 Å². The standard InChI is InChI=1S/C104H64N4O4/c105-85-49-61-29-25-53-41-65(101(109)77-17-5-1-13-69(77)70-14-2-6-18-78(70)101)45-57-33-37-73(93(61)89(53)57)97(85)99-75-39-35-59-47-67(43-55-27-31-63(51-87(99)107)95(75)91(55)59)103(111)81-21-9-11-23-83(81)104(112,84-24-12-10-22-82(84)103)68-44-56-28-32-64-52-88(108)100(76-40-36-60(48-68)92(56)96(64)76)98-74-38-34-58-46-66(42-54-26-30-62(50-86(98)106)94(74)90(54)58)102(110)79-19-7-3-15-71(79)72-16-4-8-20-80(72)102/h1-52,109-112H,105-108H2. The Morgan fingerprint density at radius 3 is 0.536 bits per heavy atom. The number of hydrogen-bond donors (Lipinski definition) is 8. The van der Waals surface area contributed by atoms with Crippen LogP contribution in [0.15, 0.2) is 315 Å². The van der Waals surface area contributed by atoms with E-state index in [0.717, 1.165) is 207 Å². The molecule has 0 radical (unpaired) electrons. The van der Waals surface area contributed by atoms with Crippen LogP contribution in [0.3, 0.4) is 0 Å². The number of benzene rings is 22. The van der Waals surface area contributed by atoms with Gasteiger partial charge in [-0.15, -0.1) is 0 Å². The topological polar surface area (TPSA) is 185 Å². The molecular weight excluding hydrogens is 1370 g/mol. The average molecular weight is 1430 g/mol. The molecule has 22 aromatic rings. The summed E-state index contributed by atoms with van der Waals surface area (Å²) in [5.74, 6) is 0. The third-order valence-electron chi connectivity index (χ3n) is 26.4. The van der Waals surface area contributed by atoms with Gasteiger partial charge in [0.15, 0.2) is 0 Å². The molecule has 0 aliphatic heterocycles. The summed E-state index contributed by atoms with van der Waals surface area (Å²) in [6.07, 6.45) is 0. The van der Waals surface area contributed by atoms with Crippen molar-refractivity contribution in [1.29, 1.82) is 0 Å². The lowest BCUT2D eigenvalue weighted by molar-refractivity contribution is 0.0750. The number of nitrogens with two attached hydrogens (primary N) is 4. The molecule has 12 N–H and O–H groups in total. The Labute approximate surface area is 640 Å². The fourth-order valence-electron chi connectivity index (χ4n) is 21.8. The molecule has 22 aromatic carbocycles. The lowest BCUT2D eigenvalue weighted by Crippen LogP contribution is -2.44. The first-order chi connectivity index (χ1) is 54.7. The molecule has 8 heteroatoms. The molecule has 0 heterocycles. The highest BCUT2D eigenvalue weighted by molar-refractivity contribution is 6.35. The maximum atomic E-state index is 14.3. The van der Waals surface area contributed by atoms with Gasteiger partial charge in [0.1, 0.15) is 22.4 Å². The van der Waals surface area contributed by atoms with Gasteiger partial charge in [0.2, 0.25) is 0 Å². The summed E-state index contributed by atoms with van der Waals surface area (Å²) in [6, 6.07) is 108. The smallest absolute Gasteiger partial charge is 0.141 e. The van der Waals surface area contributed by atoms with E-state index in [1.165, 1.54) is 0 Å². The van der Waals surface area contributed by atoms with E-state index in [1.807, 2.05) is 121 Å². The van der Waals surface area contributed by atoms with E-state index in [4.69, 9.17) is 22.9 Å². The summed E-state index contributed by atoms with van der Waals surface area (Å²) in [5, 5.41) is 78.9.